The molecule has 3 rings (SSSR count). The van der Waals surface area contributed by atoms with Crippen molar-refractivity contribution in [3.05, 3.63) is 71.5 Å². The Balaban J connectivity index is 2.15. The lowest BCUT2D eigenvalue weighted by Gasteiger charge is -2.45. The highest BCUT2D eigenvalue weighted by atomic mass is 19.4. The Morgan fingerprint density at radius 1 is 1.04 bits per heavy atom. The molecule has 1 heterocycles. The van der Waals surface area contributed by atoms with Gasteiger partial charge in [0, 0.05) is 5.56 Å². The lowest BCUT2D eigenvalue weighted by molar-refractivity contribution is -0.287. The van der Waals surface area contributed by atoms with Crippen LogP contribution in [0.2, 0.25) is 0 Å². The lowest BCUT2D eigenvalue weighted by Crippen LogP contribution is -2.72. The number of aliphatic hydroxyl groups is 1. The summed E-state index contributed by atoms with van der Waals surface area (Å²) >= 11 is 0. The number of Topliss-reactive ketones (excluding diaryl/α,β-unsaturated/α-hetero) is 1. The second kappa shape index (κ2) is 6.66. The van der Waals surface area contributed by atoms with Gasteiger partial charge in [-0.1, -0.05) is 42.5 Å². The van der Waals surface area contributed by atoms with E-state index in [-0.39, 0.29) is 11.1 Å². The molecule has 3 atom stereocenters. The van der Waals surface area contributed by atoms with Gasteiger partial charge in [-0.3, -0.25) is 4.79 Å². The van der Waals surface area contributed by atoms with Crippen molar-refractivity contribution in [2.24, 2.45) is 5.92 Å². The molecule has 0 bridgehead atoms. The fourth-order valence-corrected chi connectivity index (χ4v) is 3.07. The number of alkyl halides is 3. The molecule has 0 spiro atoms. The second-order valence-corrected chi connectivity index (χ2v) is 6.10. The van der Waals surface area contributed by atoms with Crippen LogP contribution in [0.4, 0.5) is 22.4 Å². The zero-order valence-corrected chi connectivity index (χ0v) is 13.6. The highest BCUT2D eigenvalue weighted by Gasteiger charge is 2.66. The van der Waals surface area contributed by atoms with E-state index in [1.54, 1.807) is 6.07 Å². The van der Waals surface area contributed by atoms with Gasteiger partial charge in [-0.2, -0.15) is 13.2 Å². The predicted molar refractivity (Wildman–Crippen MR) is 86.1 cm³/mol. The number of hydrogen-bond acceptors (Lipinski definition) is 3. The van der Waals surface area contributed by atoms with Crippen molar-refractivity contribution in [2.45, 2.75) is 17.9 Å². The Kier molecular flexibility index (Phi) is 4.64. The van der Waals surface area contributed by atoms with Crippen LogP contribution in [0.5, 0.6) is 0 Å². The Bertz CT molecular complexity index is 855. The summed E-state index contributed by atoms with van der Waals surface area (Å²) in [6.45, 7) is 0. The average Bonchev–Trinajstić information content (AvgIpc) is 2.61. The third-order valence-electron chi connectivity index (χ3n) is 4.38. The lowest BCUT2D eigenvalue weighted by atomic mass is 9.77. The molecular weight excluding hydrogens is 368 g/mol. The maximum Gasteiger partial charge on any atom is 0.437 e. The van der Waals surface area contributed by atoms with Gasteiger partial charge in [0.15, 0.2) is 5.78 Å². The summed E-state index contributed by atoms with van der Waals surface area (Å²) in [7, 11) is 0. The van der Waals surface area contributed by atoms with E-state index in [4.69, 9.17) is 0 Å². The molecule has 1 fully saturated rings. The van der Waals surface area contributed by atoms with Crippen molar-refractivity contribution in [3.63, 3.8) is 0 Å². The zero-order chi connectivity index (χ0) is 19.8. The fraction of sp³-hybridized carbons (Fsp3) is 0.222. The molecule has 3 N–H and O–H groups in total. The smallest absolute Gasteiger partial charge is 0.363 e. The maximum absolute atomic E-state index is 13.7. The number of rotatable bonds is 3. The van der Waals surface area contributed by atoms with Gasteiger partial charge in [-0.25, -0.2) is 9.18 Å². The first-order valence-electron chi connectivity index (χ1n) is 7.86. The summed E-state index contributed by atoms with van der Waals surface area (Å²) in [6, 6.07) is 8.53. The molecule has 0 aromatic heterocycles. The van der Waals surface area contributed by atoms with Gasteiger partial charge >= 0.3 is 12.2 Å². The standard InChI is InChI=1S/C18H14F4N2O3/c19-12-8-6-10(7-9-12)14-13(15(25)11-4-2-1-3-5-11)17(27,18(20,21)22)24-16(26)23-14/h1-9,13-14,27H,(H2,23,24,26)/t13-,14+,17-/m1/s1. The quantitative estimate of drug-likeness (QED) is 0.564. The van der Waals surface area contributed by atoms with Gasteiger partial charge in [0.05, 0.1) is 6.04 Å². The third-order valence-corrected chi connectivity index (χ3v) is 4.38. The Morgan fingerprint density at radius 3 is 2.19 bits per heavy atom. The van der Waals surface area contributed by atoms with E-state index in [9.17, 15) is 32.3 Å². The molecule has 5 nitrogen and oxygen atoms in total. The highest BCUT2D eigenvalue weighted by molar-refractivity contribution is 6.00. The zero-order valence-electron chi connectivity index (χ0n) is 13.6. The number of halogens is 4. The molecule has 2 aromatic carbocycles. The molecule has 9 heteroatoms. The number of urea groups is 1. The number of benzene rings is 2. The SMILES string of the molecule is O=C1N[C@@H](c2ccc(F)cc2)[C@H](C(=O)c2ccccc2)[C@@](O)(C(F)(F)F)N1. The van der Waals surface area contributed by atoms with E-state index in [0.29, 0.717) is 0 Å². The van der Waals surface area contributed by atoms with Crippen LogP contribution in [0.1, 0.15) is 22.0 Å². The molecule has 2 aromatic rings. The Labute approximate surface area is 151 Å². The van der Waals surface area contributed by atoms with Crippen molar-refractivity contribution in [1.82, 2.24) is 10.6 Å². The molecule has 0 saturated carbocycles. The third kappa shape index (κ3) is 3.37. The van der Waals surface area contributed by atoms with Crippen molar-refractivity contribution < 1.29 is 32.3 Å². The van der Waals surface area contributed by atoms with Gasteiger partial charge in [-0.05, 0) is 17.7 Å². The van der Waals surface area contributed by atoms with E-state index in [1.165, 1.54) is 29.6 Å². The minimum atomic E-state index is -5.34. The second-order valence-electron chi connectivity index (χ2n) is 6.10. The fourth-order valence-electron chi connectivity index (χ4n) is 3.07. The van der Waals surface area contributed by atoms with Crippen molar-refractivity contribution in [1.29, 1.82) is 0 Å². The van der Waals surface area contributed by atoms with Crippen molar-refractivity contribution in [2.75, 3.05) is 0 Å². The molecule has 2 amide bonds. The number of carbonyl (C=O) groups excluding carboxylic acids is 2. The first-order valence-corrected chi connectivity index (χ1v) is 7.86. The Hall–Kier alpha value is -2.94. The Morgan fingerprint density at radius 2 is 1.63 bits per heavy atom. The van der Waals surface area contributed by atoms with Gasteiger partial charge in [-0.15, -0.1) is 0 Å². The number of nitrogens with one attached hydrogen (secondary N) is 2. The van der Waals surface area contributed by atoms with E-state index in [0.717, 1.165) is 24.3 Å². The average molecular weight is 382 g/mol. The minimum absolute atomic E-state index is 0.0446. The first kappa shape index (κ1) is 18.8. The summed E-state index contributed by atoms with van der Waals surface area (Å²) in [5.74, 6) is -3.81. The minimum Gasteiger partial charge on any atom is -0.363 e. The van der Waals surface area contributed by atoms with Gasteiger partial charge < -0.3 is 15.7 Å². The van der Waals surface area contributed by atoms with Crippen LogP contribution in [-0.4, -0.2) is 28.8 Å². The molecule has 0 unspecified atom stereocenters. The largest absolute Gasteiger partial charge is 0.437 e. The van der Waals surface area contributed by atoms with E-state index in [2.05, 4.69) is 5.32 Å². The predicted octanol–water partition coefficient (Wildman–Crippen LogP) is 2.93. The number of amides is 2. The van der Waals surface area contributed by atoms with Crippen molar-refractivity contribution >= 4 is 11.8 Å². The normalized spacial score (nSPS) is 25.4. The summed E-state index contributed by atoms with van der Waals surface area (Å²) in [5, 5.41) is 14.0. The van der Waals surface area contributed by atoms with Gasteiger partial charge in [0.1, 0.15) is 11.7 Å². The highest BCUT2D eigenvalue weighted by Crippen LogP contribution is 2.43. The topological polar surface area (TPSA) is 78.4 Å². The first-order chi connectivity index (χ1) is 12.6. The van der Waals surface area contributed by atoms with Crippen LogP contribution in [-0.2, 0) is 0 Å². The van der Waals surface area contributed by atoms with E-state index >= 15 is 0 Å². The van der Waals surface area contributed by atoms with Gasteiger partial charge in [0.25, 0.3) is 0 Å². The van der Waals surface area contributed by atoms with Crippen LogP contribution in [0.25, 0.3) is 0 Å². The molecule has 142 valence electrons. The molecule has 1 aliphatic heterocycles. The van der Waals surface area contributed by atoms with Crippen LogP contribution < -0.4 is 10.6 Å². The molecule has 1 saturated heterocycles. The number of hydrogen-bond donors (Lipinski definition) is 3. The van der Waals surface area contributed by atoms with Crippen molar-refractivity contribution in [3.8, 4) is 0 Å². The number of ketones is 1. The monoisotopic (exact) mass is 382 g/mol. The summed E-state index contributed by atoms with van der Waals surface area (Å²) in [5.41, 5.74) is -3.83. The van der Waals surface area contributed by atoms with Gasteiger partial charge in [0.2, 0.25) is 5.72 Å². The summed E-state index contributed by atoms with van der Waals surface area (Å²) in [6.07, 6.45) is -5.34. The van der Waals surface area contributed by atoms with Crippen LogP contribution in [0.3, 0.4) is 0 Å². The molecule has 0 radical (unpaired) electrons. The number of carbonyl (C=O) groups is 2. The van der Waals surface area contributed by atoms with Crippen LogP contribution in [0.15, 0.2) is 54.6 Å². The molecular formula is C18H14F4N2O3. The molecule has 1 aliphatic rings. The van der Waals surface area contributed by atoms with E-state index < -0.39 is 41.5 Å². The molecule has 0 aliphatic carbocycles. The maximum atomic E-state index is 13.7. The van der Waals surface area contributed by atoms with Crippen LogP contribution >= 0.6 is 0 Å². The van der Waals surface area contributed by atoms with Crippen LogP contribution in [0, 0.1) is 11.7 Å². The van der Waals surface area contributed by atoms with E-state index in [1.807, 2.05) is 0 Å². The summed E-state index contributed by atoms with van der Waals surface area (Å²) < 4.78 is 54.2. The summed E-state index contributed by atoms with van der Waals surface area (Å²) in [4.78, 5) is 24.7. The molecule has 27 heavy (non-hydrogen) atoms.